The molecular weight excluding hydrogens is 343 g/mol. The molecule has 0 aliphatic carbocycles. The molecule has 6 heteroatoms. The van der Waals surface area contributed by atoms with E-state index in [0.717, 1.165) is 11.1 Å². The Morgan fingerprint density at radius 1 is 1.24 bits per heavy atom. The number of nitrogens with one attached hydrogen (secondary N) is 1. The first-order valence-corrected chi connectivity index (χ1v) is 8.11. The van der Waals surface area contributed by atoms with Gasteiger partial charge in [-0.2, -0.15) is 0 Å². The Morgan fingerprint density at radius 3 is 2.80 bits per heavy atom. The van der Waals surface area contributed by atoms with E-state index < -0.39 is 0 Å². The zero-order chi connectivity index (χ0) is 17.8. The second kappa shape index (κ2) is 7.49. The van der Waals surface area contributed by atoms with Crippen LogP contribution >= 0.6 is 11.6 Å². The first-order valence-electron chi connectivity index (χ1n) is 7.74. The number of carbonyl (C=O) groups is 1. The Bertz CT molecular complexity index is 877. The van der Waals surface area contributed by atoms with Crippen LogP contribution in [0.1, 0.15) is 17.5 Å². The van der Waals surface area contributed by atoms with Crippen molar-refractivity contribution < 1.29 is 13.9 Å². The van der Waals surface area contributed by atoms with Gasteiger partial charge in [-0.3, -0.25) is 4.79 Å². The van der Waals surface area contributed by atoms with E-state index in [2.05, 4.69) is 10.3 Å². The number of nitrogens with zero attached hydrogens (tertiary/aromatic N) is 1. The summed E-state index contributed by atoms with van der Waals surface area (Å²) in [5, 5.41) is 3.20. The summed E-state index contributed by atoms with van der Waals surface area (Å²) in [5.41, 5.74) is 1.93. The molecule has 25 heavy (non-hydrogen) atoms. The lowest BCUT2D eigenvalue weighted by atomic mass is 10.1. The number of hydrogen-bond acceptors (Lipinski definition) is 3. The van der Waals surface area contributed by atoms with Crippen molar-refractivity contribution in [3.63, 3.8) is 0 Å². The number of amidine groups is 1. The second-order valence-electron chi connectivity index (χ2n) is 5.57. The summed E-state index contributed by atoms with van der Waals surface area (Å²) in [6.45, 7) is 0. The molecule has 1 aliphatic heterocycles. The topological polar surface area (TPSA) is 50.7 Å². The van der Waals surface area contributed by atoms with Gasteiger partial charge in [0.05, 0.1) is 12.1 Å². The minimum absolute atomic E-state index is 0.263. The molecule has 0 unspecified atom stereocenters. The fourth-order valence-corrected chi connectivity index (χ4v) is 2.79. The first-order chi connectivity index (χ1) is 12.0. The number of methoxy groups -OCH3 is 1. The van der Waals surface area contributed by atoms with E-state index in [4.69, 9.17) is 16.3 Å². The summed E-state index contributed by atoms with van der Waals surface area (Å²) >= 11 is 6.09. The molecule has 0 spiro atoms. The summed E-state index contributed by atoms with van der Waals surface area (Å²) in [7, 11) is 1.54. The molecule has 0 atom stereocenters. The van der Waals surface area contributed by atoms with Crippen molar-refractivity contribution in [2.75, 3.05) is 7.11 Å². The molecule has 0 bridgehead atoms. The van der Waals surface area contributed by atoms with Crippen LogP contribution in [-0.2, 0) is 11.2 Å². The van der Waals surface area contributed by atoms with Crippen molar-refractivity contribution in [1.82, 2.24) is 5.32 Å². The number of rotatable bonds is 5. The number of ether oxygens (including phenoxy) is 1. The maximum Gasteiger partial charge on any atom is 0.275 e. The van der Waals surface area contributed by atoms with Crippen molar-refractivity contribution in [3.05, 3.63) is 70.1 Å². The highest BCUT2D eigenvalue weighted by molar-refractivity contribution is 6.32. The number of carbonyl (C=O) groups excluding carboxylic acids is 1. The quantitative estimate of drug-likeness (QED) is 0.822. The van der Waals surface area contributed by atoms with Crippen LogP contribution in [0.25, 0.3) is 6.08 Å². The molecule has 0 saturated carbocycles. The molecule has 2 aromatic carbocycles. The molecule has 0 fully saturated rings. The van der Waals surface area contributed by atoms with E-state index in [1.807, 2.05) is 6.07 Å². The summed E-state index contributed by atoms with van der Waals surface area (Å²) in [5.74, 6) is 0.604. The molecule has 3 rings (SSSR count). The van der Waals surface area contributed by atoms with E-state index >= 15 is 0 Å². The van der Waals surface area contributed by atoms with Crippen molar-refractivity contribution in [2.24, 2.45) is 4.99 Å². The van der Waals surface area contributed by atoms with Gasteiger partial charge >= 0.3 is 0 Å². The van der Waals surface area contributed by atoms with Crippen LogP contribution in [0.5, 0.6) is 5.75 Å². The number of halogens is 2. The van der Waals surface area contributed by atoms with Crippen LogP contribution in [0.3, 0.4) is 0 Å². The minimum Gasteiger partial charge on any atom is -0.495 e. The molecule has 0 radical (unpaired) electrons. The molecule has 1 amide bonds. The van der Waals surface area contributed by atoms with Gasteiger partial charge in [0, 0.05) is 6.42 Å². The Morgan fingerprint density at radius 2 is 2.08 bits per heavy atom. The number of amides is 1. The highest BCUT2D eigenvalue weighted by Gasteiger charge is 2.19. The van der Waals surface area contributed by atoms with Crippen LogP contribution < -0.4 is 10.1 Å². The van der Waals surface area contributed by atoms with Crippen molar-refractivity contribution in [3.8, 4) is 5.75 Å². The summed E-state index contributed by atoms with van der Waals surface area (Å²) < 4.78 is 18.3. The molecule has 1 N–H and O–H groups in total. The van der Waals surface area contributed by atoms with Crippen LogP contribution in [0.4, 0.5) is 4.39 Å². The monoisotopic (exact) mass is 358 g/mol. The normalized spacial score (nSPS) is 15.2. The summed E-state index contributed by atoms with van der Waals surface area (Å²) in [4.78, 5) is 16.4. The van der Waals surface area contributed by atoms with Gasteiger partial charge in [0.25, 0.3) is 5.91 Å². The number of benzene rings is 2. The van der Waals surface area contributed by atoms with Crippen LogP contribution in [0, 0.1) is 5.82 Å². The molecule has 0 aromatic heterocycles. The molecular formula is C19H16ClFN2O2. The first kappa shape index (κ1) is 17.2. The lowest BCUT2D eigenvalue weighted by molar-refractivity contribution is -0.115. The maximum absolute atomic E-state index is 13.2. The molecule has 2 aromatic rings. The van der Waals surface area contributed by atoms with Crippen LogP contribution in [-0.4, -0.2) is 18.9 Å². The average Bonchev–Trinajstić information content (AvgIpc) is 2.93. The lowest BCUT2D eigenvalue weighted by Crippen LogP contribution is -2.24. The van der Waals surface area contributed by atoms with E-state index in [9.17, 15) is 9.18 Å². The minimum atomic E-state index is -0.271. The molecule has 1 heterocycles. The van der Waals surface area contributed by atoms with Crippen molar-refractivity contribution >= 4 is 29.4 Å². The maximum atomic E-state index is 13.2. The Labute approximate surface area is 150 Å². The third-order valence-electron chi connectivity index (χ3n) is 3.76. The van der Waals surface area contributed by atoms with E-state index in [-0.39, 0.29) is 11.7 Å². The molecule has 4 nitrogen and oxygen atoms in total. The van der Waals surface area contributed by atoms with Gasteiger partial charge in [-0.05, 0) is 47.9 Å². The van der Waals surface area contributed by atoms with Gasteiger partial charge in [0.15, 0.2) is 0 Å². The standard InChI is InChI=1S/C19H16ClFN2O2/c1-25-17-7-5-13(10-15(17)20)11-16-19(24)23-18(22-16)8-6-12-3-2-4-14(21)9-12/h2-5,7,9-11H,6,8H2,1H3,(H,22,23,24)/b16-11+. The van der Waals surface area contributed by atoms with Gasteiger partial charge in [-0.15, -0.1) is 0 Å². The van der Waals surface area contributed by atoms with Gasteiger partial charge in [0.1, 0.15) is 23.1 Å². The summed E-state index contributed by atoms with van der Waals surface area (Å²) in [6.07, 6.45) is 2.78. The highest BCUT2D eigenvalue weighted by Crippen LogP contribution is 2.26. The zero-order valence-corrected chi connectivity index (χ0v) is 14.3. The molecule has 1 aliphatic rings. The van der Waals surface area contributed by atoms with Gasteiger partial charge in [-0.25, -0.2) is 9.38 Å². The van der Waals surface area contributed by atoms with Gasteiger partial charge in [-0.1, -0.05) is 29.8 Å². The average molecular weight is 359 g/mol. The fourth-order valence-electron chi connectivity index (χ4n) is 2.52. The third kappa shape index (κ3) is 4.25. The third-order valence-corrected chi connectivity index (χ3v) is 4.06. The SMILES string of the molecule is COc1ccc(/C=C2/N=C(CCc3cccc(F)c3)NC2=O)cc1Cl. The number of hydrogen-bond donors (Lipinski definition) is 1. The smallest absolute Gasteiger partial charge is 0.275 e. The van der Waals surface area contributed by atoms with E-state index in [1.54, 1.807) is 37.5 Å². The Kier molecular flexibility index (Phi) is 5.14. The summed E-state index contributed by atoms with van der Waals surface area (Å²) in [6, 6.07) is 11.6. The van der Waals surface area contributed by atoms with E-state index in [1.165, 1.54) is 12.1 Å². The lowest BCUT2D eigenvalue weighted by Gasteiger charge is -2.03. The van der Waals surface area contributed by atoms with Gasteiger partial charge in [0.2, 0.25) is 0 Å². The fraction of sp³-hybridized carbons (Fsp3) is 0.158. The van der Waals surface area contributed by atoms with Crippen LogP contribution in [0.2, 0.25) is 5.02 Å². The number of aryl methyl sites for hydroxylation is 1. The largest absolute Gasteiger partial charge is 0.495 e. The van der Waals surface area contributed by atoms with Crippen molar-refractivity contribution in [1.29, 1.82) is 0 Å². The Balaban J connectivity index is 1.72. The second-order valence-corrected chi connectivity index (χ2v) is 5.97. The van der Waals surface area contributed by atoms with Gasteiger partial charge < -0.3 is 10.1 Å². The highest BCUT2D eigenvalue weighted by atomic mass is 35.5. The Hall–Kier alpha value is -2.66. The predicted molar refractivity (Wildman–Crippen MR) is 96.3 cm³/mol. The van der Waals surface area contributed by atoms with Crippen molar-refractivity contribution in [2.45, 2.75) is 12.8 Å². The van der Waals surface area contributed by atoms with E-state index in [0.29, 0.717) is 35.1 Å². The number of aliphatic imine (C=N–C) groups is 1. The zero-order valence-electron chi connectivity index (χ0n) is 13.6. The molecule has 128 valence electrons. The van der Waals surface area contributed by atoms with Crippen LogP contribution in [0.15, 0.2) is 53.2 Å². The predicted octanol–water partition coefficient (Wildman–Crippen LogP) is 3.99. The molecule has 0 saturated heterocycles.